The molecular weight excluding hydrogens is 636 g/mol. The van der Waals surface area contributed by atoms with Crippen LogP contribution in [0.5, 0.6) is 0 Å². The van der Waals surface area contributed by atoms with Crippen molar-refractivity contribution in [2.45, 2.75) is 57.7 Å². The van der Waals surface area contributed by atoms with Gasteiger partial charge in [-0.25, -0.2) is 14.4 Å². The largest absolute Gasteiger partial charge is 0.381 e. The van der Waals surface area contributed by atoms with Crippen molar-refractivity contribution in [3.63, 3.8) is 0 Å². The Morgan fingerprint density at radius 1 is 1.10 bits per heavy atom. The van der Waals surface area contributed by atoms with Gasteiger partial charge >= 0.3 is 0 Å². The number of hydrogen-bond acceptors (Lipinski definition) is 7. The van der Waals surface area contributed by atoms with Crippen LogP contribution in [0.3, 0.4) is 0 Å². The van der Waals surface area contributed by atoms with Gasteiger partial charge in [-0.1, -0.05) is 11.6 Å². The number of nitrogens with zero attached hydrogens (tertiary/aromatic N) is 7. The molecule has 2 aliphatic rings. The Morgan fingerprint density at radius 2 is 1.79 bits per heavy atom. The molecule has 2 fully saturated rings. The number of carbonyl (C=O) groups is 1. The molecule has 0 aliphatic carbocycles. The van der Waals surface area contributed by atoms with Crippen molar-refractivity contribution in [2.75, 3.05) is 18.1 Å². The second-order valence-electron chi connectivity index (χ2n) is 10.4. The molecule has 2 aliphatic heterocycles. The first kappa shape index (κ1) is 26.6. The van der Waals surface area contributed by atoms with E-state index in [0.717, 1.165) is 27.6 Å². The van der Waals surface area contributed by atoms with Gasteiger partial charge in [0.2, 0.25) is 0 Å². The summed E-state index contributed by atoms with van der Waals surface area (Å²) in [4.78, 5) is 27.0. The molecule has 2 atom stereocenters. The molecule has 0 unspecified atom stereocenters. The highest BCUT2D eigenvalue weighted by Gasteiger charge is 2.37. The van der Waals surface area contributed by atoms with Crippen molar-refractivity contribution >= 4 is 56.8 Å². The lowest BCUT2D eigenvalue weighted by Crippen LogP contribution is -2.49. The summed E-state index contributed by atoms with van der Waals surface area (Å²) < 4.78 is 22.2. The van der Waals surface area contributed by atoms with Gasteiger partial charge in [-0.15, -0.1) is 4.80 Å². The number of piperidine rings is 1. The van der Waals surface area contributed by atoms with Crippen LogP contribution in [-0.2, 0) is 4.74 Å². The lowest BCUT2D eigenvalue weighted by molar-refractivity contribution is 0.0705. The molecule has 4 aromatic rings. The van der Waals surface area contributed by atoms with E-state index in [9.17, 15) is 9.18 Å². The molecule has 9 nitrogen and oxygen atoms in total. The predicted octanol–water partition coefficient (Wildman–Crippen LogP) is 5.64. The molecule has 6 rings (SSSR count). The van der Waals surface area contributed by atoms with Gasteiger partial charge in [0, 0.05) is 54.4 Å². The van der Waals surface area contributed by atoms with Crippen LogP contribution in [0, 0.1) is 15.3 Å². The van der Waals surface area contributed by atoms with Gasteiger partial charge in [0.25, 0.3) is 0 Å². The highest BCUT2D eigenvalue weighted by atomic mass is 127. The molecule has 4 aromatic heterocycles. The number of carbonyl (C=O) groups excluding carboxylic acids is 1. The number of pyridine rings is 2. The number of halogens is 3. The lowest BCUT2D eigenvalue weighted by Gasteiger charge is -2.43. The zero-order valence-electron chi connectivity index (χ0n) is 21.6. The maximum atomic E-state index is 14.2. The molecule has 6 heterocycles. The average Bonchev–Trinajstić information content (AvgIpc) is 3.57. The van der Waals surface area contributed by atoms with Gasteiger partial charge in [-0.3, -0.25) is 4.79 Å². The van der Waals surface area contributed by atoms with E-state index in [1.54, 1.807) is 12.4 Å². The third-order valence-corrected chi connectivity index (χ3v) is 8.87. The maximum absolute atomic E-state index is 14.2. The van der Waals surface area contributed by atoms with Crippen LogP contribution in [0.15, 0.2) is 36.9 Å². The molecule has 0 spiro atoms. The Morgan fingerprint density at radius 3 is 2.46 bits per heavy atom. The number of ketones is 1. The summed E-state index contributed by atoms with van der Waals surface area (Å²) in [6.07, 6.45) is 9.37. The number of hydrogen-bond donors (Lipinski definition) is 0. The Labute approximate surface area is 243 Å². The van der Waals surface area contributed by atoms with Gasteiger partial charge in [-0.2, -0.15) is 10.2 Å². The molecule has 204 valence electrons. The van der Waals surface area contributed by atoms with Crippen LogP contribution in [0.25, 0.3) is 16.9 Å². The minimum Gasteiger partial charge on any atom is -0.381 e. The molecule has 0 radical (unpaired) electrons. The number of ether oxygens (including phenoxy) is 1. The van der Waals surface area contributed by atoms with Gasteiger partial charge < -0.3 is 14.2 Å². The molecule has 0 bridgehead atoms. The van der Waals surface area contributed by atoms with E-state index in [4.69, 9.17) is 21.3 Å². The number of rotatable bonds is 5. The molecule has 0 aromatic carbocycles. The predicted molar refractivity (Wildman–Crippen MR) is 154 cm³/mol. The quantitative estimate of drug-likeness (QED) is 0.202. The highest BCUT2D eigenvalue weighted by Crippen LogP contribution is 2.38. The summed E-state index contributed by atoms with van der Waals surface area (Å²) in [5.74, 6) is 0.748. The van der Waals surface area contributed by atoms with Crippen LogP contribution < -0.4 is 4.90 Å². The van der Waals surface area contributed by atoms with Gasteiger partial charge in [0.05, 0.1) is 27.2 Å². The third kappa shape index (κ3) is 4.93. The van der Waals surface area contributed by atoms with Crippen LogP contribution in [0.4, 0.5) is 10.2 Å². The van der Waals surface area contributed by atoms with E-state index in [-0.39, 0.29) is 35.6 Å². The van der Waals surface area contributed by atoms with E-state index >= 15 is 0 Å². The Hall–Kier alpha value is -2.64. The van der Waals surface area contributed by atoms with Crippen molar-refractivity contribution in [2.24, 2.45) is 5.92 Å². The van der Waals surface area contributed by atoms with Crippen molar-refractivity contribution in [3.8, 4) is 5.82 Å². The second kappa shape index (κ2) is 10.7. The smallest absolute Gasteiger partial charge is 0.195 e. The fourth-order valence-electron chi connectivity index (χ4n) is 6.07. The second-order valence-corrected chi connectivity index (χ2v) is 11.9. The average molecular weight is 664 g/mol. The highest BCUT2D eigenvalue weighted by molar-refractivity contribution is 14.1. The van der Waals surface area contributed by atoms with Crippen molar-refractivity contribution in [1.29, 1.82) is 0 Å². The minimum atomic E-state index is -0.354. The molecule has 0 saturated carbocycles. The Bertz CT molecular complexity index is 1510. The summed E-state index contributed by atoms with van der Waals surface area (Å²) in [6.45, 7) is 5.53. The normalized spacial score (nSPS) is 22.5. The number of fused-ring (bicyclic) bond motifs is 1. The first-order chi connectivity index (χ1) is 18.8. The number of anilines is 1. The summed E-state index contributed by atoms with van der Waals surface area (Å²) in [7, 11) is 0. The maximum Gasteiger partial charge on any atom is 0.195 e. The fraction of sp³-hybridized carbons (Fsp3) is 0.444. The Kier molecular flexibility index (Phi) is 7.32. The van der Waals surface area contributed by atoms with E-state index in [2.05, 4.69) is 61.1 Å². The molecule has 2 saturated heterocycles. The standard InChI is InChI=1S/C27H28ClFIN7O2/c1-15-9-17(10-16(2)36(15)27-23(30)11-18(29)13-31-27)24(38)21-14-35(19-3-7-39-8-4-19)25-20(21)12-22(28)26(34-25)37-32-5-6-33-37/h5-6,11-17,19H,3-4,7-10H2,1-2H3/t15-,16-/m1/s1. The number of Topliss-reactive ketones (excluding diaryl/α,β-unsaturated/α-hetero) is 1. The van der Waals surface area contributed by atoms with E-state index < -0.39 is 0 Å². The van der Waals surface area contributed by atoms with Crippen LogP contribution in [-0.4, -0.2) is 60.6 Å². The zero-order chi connectivity index (χ0) is 27.3. The Balaban J connectivity index is 1.36. The fourth-order valence-corrected chi connectivity index (χ4v) is 7.01. The van der Waals surface area contributed by atoms with E-state index in [1.807, 2.05) is 12.3 Å². The molecule has 39 heavy (non-hydrogen) atoms. The zero-order valence-corrected chi connectivity index (χ0v) is 24.5. The van der Waals surface area contributed by atoms with Crippen LogP contribution in [0.1, 0.15) is 55.9 Å². The van der Waals surface area contributed by atoms with Gasteiger partial charge in [0.15, 0.2) is 11.6 Å². The SMILES string of the molecule is C[C@@H]1CC(C(=O)c2cn(C3CCOCC3)c3nc(-n4nccn4)c(Cl)cc23)C[C@@H](C)N1c1ncc(F)cc1I. The molecular formula is C27H28ClFIN7O2. The van der Waals surface area contributed by atoms with Gasteiger partial charge in [-0.05, 0) is 74.3 Å². The minimum absolute atomic E-state index is 0.0530. The summed E-state index contributed by atoms with van der Waals surface area (Å²) in [5.41, 5.74) is 1.34. The molecule has 12 heteroatoms. The first-order valence-corrected chi connectivity index (χ1v) is 14.6. The van der Waals surface area contributed by atoms with Crippen molar-refractivity contribution in [3.05, 3.63) is 56.9 Å². The lowest BCUT2D eigenvalue weighted by atomic mass is 9.82. The summed E-state index contributed by atoms with van der Waals surface area (Å²) >= 11 is 8.79. The van der Waals surface area contributed by atoms with Crippen LogP contribution >= 0.6 is 34.2 Å². The summed E-state index contributed by atoms with van der Waals surface area (Å²) in [6, 6.07) is 3.59. The molecule has 0 amide bonds. The van der Waals surface area contributed by atoms with Gasteiger partial charge in [0.1, 0.15) is 17.3 Å². The van der Waals surface area contributed by atoms with Crippen LogP contribution in [0.2, 0.25) is 5.02 Å². The van der Waals surface area contributed by atoms with E-state index in [0.29, 0.717) is 48.1 Å². The third-order valence-electron chi connectivity index (χ3n) is 7.80. The first-order valence-electron chi connectivity index (χ1n) is 13.1. The van der Waals surface area contributed by atoms with Crippen molar-refractivity contribution in [1.82, 2.24) is 29.5 Å². The monoisotopic (exact) mass is 663 g/mol. The van der Waals surface area contributed by atoms with Crippen molar-refractivity contribution < 1.29 is 13.9 Å². The molecule has 0 N–H and O–H groups in total. The summed E-state index contributed by atoms with van der Waals surface area (Å²) in [5, 5.41) is 9.53. The van der Waals surface area contributed by atoms with E-state index in [1.165, 1.54) is 17.1 Å². The topological polar surface area (TPSA) is 91.0 Å². The number of aromatic nitrogens is 6.